The number of benzene rings is 1. The molecular weight excluding hydrogens is 340 g/mol. The van der Waals surface area contributed by atoms with E-state index in [1.54, 1.807) is 6.07 Å². The predicted molar refractivity (Wildman–Crippen MR) is 112 cm³/mol. The first kappa shape index (κ1) is 19.8. The molecule has 1 atom stereocenters. The third-order valence-corrected chi connectivity index (χ3v) is 5.73. The zero-order chi connectivity index (χ0) is 19.2. The average molecular weight is 375 g/mol. The normalized spacial score (nSPS) is 21.4. The topological polar surface area (TPSA) is 57.6 Å². The minimum absolute atomic E-state index is 0.356. The SMILES string of the molecule is CN=C(NCC(C)N1CCN(C)CC1)N1CCN(c2ccccc2O)CC1. The maximum absolute atomic E-state index is 10.1. The summed E-state index contributed by atoms with van der Waals surface area (Å²) in [6.45, 7) is 11.3. The zero-order valence-electron chi connectivity index (χ0n) is 16.9. The second-order valence-electron chi connectivity index (χ2n) is 7.58. The van der Waals surface area contributed by atoms with Gasteiger partial charge in [0.15, 0.2) is 5.96 Å². The molecule has 7 nitrogen and oxygen atoms in total. The molecule has 0 bridgehead atoms. The highest BCUT2D eigenvalue weighted by Crippen LogP contribution is 2.27. The van der Waals surface area contributed by atoms with Crippen LogP contribution in [0.5, 0.6) is 5.75 Å². The molecule has 0 spiro atoms. The number of likely N-dealkylation sites (N-methyl/N-ethyl adjacent to an activating group) is 1. The fourth-order valence-electron chi connectivity index (χ4n) is 3.85. The van der Waals surface area contributed by atoms with Crippen molar-refractivity contribution in [2.24, 2.45) is 4.99 Å². The molecule has 3 rings (SSSR count). The molecule has 0 aliphatic carbocycles. The fraction of sp³-hybridized carbons (Fsp3) is 0.650. The molecule has 1 aromatic carbocycles. The smallest absolute Gasteiger partial charge is 0.193 e. The Morgan fingerprint density at radius 2 is 1.74 bits per heavy atom. The Morgan fingerprint density at radius 3 is 2.37 bits per heavy atom. The van der Waals surface area contributed by atoms with Crippen molar-refractivity contribution in [1.29, 1.82) is 0 Å². The van der Waals surface area contributed by atoms with E-state index in [1.807, 2.05) is 25.2 Å². The molecule has 27 heavy (non-hydrogen) atoms. The van der Waals surface area contributed by atoms with Crippen LogP contribution >= 0.6 is 0 Å². The van der Waals surface area contributed by atoms with Crippen molar-refractivity contribution in [3.8, 4) is 5.75 Å². The Balaban J connectivity index is 1.47. The number of anilines is 1. The molecular formula is C20H34N6O. The summed E-state index contributed by atoms with van der Waals surface area (Å²) in [5, 5.41) is 13.6. The molecule has 1 unspecified atom stereocenters. The molecule has 0 amide bonds. The maximum atomic E-state index is 10.1. The highest BCUT2D eigenvalue weighted by atomic mass is 16.3. The van der Waals surface area contributed by atoms with Gasteiger partial charge in [0.25, 0.3) is 0 Å². The van der Waals surface area contributed by atoms with E-state index < -0.39 is 0 Å². The number of guanidine groups is 1. The van der Waals surface area contributed by atoms with Gasteiger partial charge in [0.1, 0.15) is 5.75 Å². The standard InChI is InChI=1S/C20H34N6O/c1-17(24-10-8-23(3)9-11-24)16-22-20(21-2)26-14-12-25(13-15-26)18-6-4-5-7-19(18)27/h4-7,17,27H,8-16H2,1-3H3,(H,21,22). The quantitative estimate of drug-likeness (QED) is 0.599. The molecule has 7 heteroatoms. The van der Waals surface area contributed by atoms with Gasteiger partial charge in [-0.15, -0.1) is 0 Å². The van der Waals surface area contributed by atoms with Gasteiger partial charge in [0, 0.05) is 72.0 Å². The summed E-state index contributed by atoms with van der Waals surface area (Å²) in [7, 11) is 4.05. The lowest BCUT2D eigenvalue weighted by Crippen LogP contribution is -2.55. The Bertz CT molecular complexity index is 621. The Morgan fingerprint density at radius 1 is 1.07 bits per heavy atom. The Labute approximate surface area is 163 Å². The van der Waals surface area contributed by atoms with Crippen LogP contribution < -0.4 is 10.2 Å². The minimum atomic E-state index is 0.356. The number of nitrogens with zero attached hydrogens (tertiary/aromatic N) is 5. The molecule has 0 aromatic heterocycles. The third-order valence-electron chi connectivity index (χ3n) is 5.73. The van der Waals surface area contributed by atoms with E-state index in [4.69, 9.17) is 0 Å². The lowest BCUT2D eigenvalue weighted by molar-refractivity contribution is 0.119. The van der Waals surface area contributed by atoms with E-state index in [2.05, 4.69) is 43.9 Å². The first-order valence-electron chi connectivity index (χ1n) is 9.99. The van der Waals surface area contributed by atoms with Crippen molar-refractivity contribution in [3.05, 3.63) is 24.3 Å². The van der Waals surface area contributed by atoms with Crippen LogP contribution in [0.15, 0.2) is 29.3 Å². The highest BCUT2D eigenvalue weighted by molar-refractivity contribution is 5.80. The number of hydrogen-bond acceptors (Lipinski definition) is 5. The van der Waals surface area contributed by atoms with Gasteiger partial charge in [-0.25, -0.2) is 0 Å². The van der Waals surface area contributed by atoms with Crippen LogP contribution in [-0.4, -0.2) is 105 Å². The first-order valence-corrected chi connectivity index (χ1v) is 9.99. The van der Waals surface area contributed by atoms with E-state index >= 15 is 0 Å². The molecule has 2 aliphatic rings. The van der Waals surface area contributed by atoms with E-state index in [0.717, 1.165) is 70.5 Å². The van der Waals surface area contributed by atoms with E-state index in [1.165, 1.54) is 0 Å². The zero-order valence-corrected chi connectivity index (χ0v) is 16.9. The van der Waals surface area contributed by atoms with Crippen LogP contribution in [-0.2, 0) is 0 Å². The van der Waals surface area contributed by atoms with Gasteiger partial charge in [0.05, 0.1) is 5.69 Å². The molecule has 2 aliphatic heterocycles. The van der Waals surface area contributed by atoms with Crippen molar-refractivity contribution in [2.75, 3.05) is 77.9 Å². The number of aliphatic imine (C=N–C) groups is 1. The van der Waals surface area contributed by atoms with Gasteiger partial charge >= 0.3 is 0 Å². The van der Waals surface area contributed by atoms with Gasteiger partial charge in [-0.2, -0.15) is 0 Å². The lowest BCUT2D eigenvalue weighted by atomic mass is 10.2. The van der Waals surface area contributed by atoms with E-state index in [0.29, 0.717) is 11.8 Å². The number of phenols is 1. The number of aromatic hydroxyl groups is 1. The van der Waals surface area contributed by atoms with Crippen molar-refractivity contribution < 1.29 is 5.11 Å². The number of piperazine rings is 2. The molecule has 1 aromatic rings. The van der Waals surface area contributed by atoms with E-state index in [-0.39, 0.29) is 0 Å². The van der Waals surface area contributed by atoms with Gasteiger partial charge < -0.3 is 25.1 Å². The molecule has 150 valence electrons. The van der Waals surface area contributed by atoms with Crippen molar-refractivity contribution in [3.63, 3.8) is 0 Å². The molecule has 2 N–H and O–H groups in total. The van der Waals surface area contributed by atoms with Crippen molar-refractivity contribution in [2.45, 2.75) is 13.0 Å². The van der Waals surface area contributed by atoms with Gasteiger partial charge in [0.2, 0.25) is 0 Å². The number of phenolic OH excluding ortho intramolecular Hbond substituents is 1. The minimum Gasteiger partial charge on any atom is -0.506 e. The van der Waals surface area contributed by atoms with Crippen LogP contribution in [0.2, 0.25) is 0 Å². The second-order valence-corrected chi connectivity index (χ2v) is 7.58. The lowest BCUT2D eigenvalue weighted by Gasteiger charge is -2.39. The first-order chi connectivity index (χ1) is 13.1. The number of nitrogens with one attached hydrogen (secondary N) is 1. The summed E-state index contributed by atoms with van der Waals surface area (Å²) < 4.78 is 0. The van der Waals surface area contributed by atoms with Crippen molar-refractivity contribution >= 4 is 11.6 Å². The molecule has 2 fully saturated rings. The van der Waals surface area contributed by atoms with Gasteiger partial charge in [-0.05, 0) is 26.1 Å². The van der Waals surface area contributed by atoms with E-state index in [9.17, 15) is 5.11 Å². The molecule has 2 saturated heterocycles. The Hall–Kier alpha value is -1.99. The summed E-state index contributed by atoms with van der Waals surface area (Å²) in [5.41, 5.74) is 0.920. The van der Waals surface area contributed by atoms with Crippen LogP contribution in [0.25, 0.3) is 0 Å². The van der Waals surface area contributed by atoms with Crippen LogP contribution in [0, 0.1) is 0 Å². The molecule has 0 saturated carbocycles. The van der Waals surface area contributed by atoms with Crippen LogP contribution in [0.4, 0.5) is 5.69 Å². The third kappa shape index (κ3) is 5.05. The van der Waals surface area contributed by atoms with Crippen LogP contribution in [0.1, 0.15) is 6.92 Å². The summed E-state index contributed by atoms with van der Waals surface area (Å²) >= 11 is 0. The predicted octanol–water partition coefficient (Wildman–Crippen LogP) is 0.726. The highest BCUT2D eigenvalue weighted by Gasteiger charge is 2.23. The number of para-hydroxylation sites is 2. The second kappa shape index (κ2) is 9.28. The van der Waals surface area contributed by atoms with Gasteiger partial charge in [-0.1, -0.05) is 12.1 Å². The summed E-state index contributed by atoms with van der Waals surface area (Å²) in [5.74, 6) is 1.34. The van der Waals surface area contributed by atoms with Gasteiger partial charge in [-0.3, -0.25) is 9.89 Å². The Kier molecular flexibility index (Phi) is 6.79. The maximum Gasteiger partial charge on any atom is 0.193 e. The summed E-state index contributed by atoms with van der Waals surface area (Å²) in [6.07, 6.45) is 0. The van der Waals surface area contributed by atoms with Crippen LogP contribution in [0.3, 0.4) is 0 Å². The number of rotatable bonds is 4. The molecule has 2 heterocycles. The summed E-state index contributed by atoms with van der Waals surface area (Å²) in [4.78, 5) is 14.0. The summed E-state index contributed by atoms with van der Waals surface area (Å²) in [6, 6.07) is 8.07. The largest absolute Gasteiger partial charge is 0.506 e. The number of hydrogen-bond donors (Lipinski definition) is 2. The monoisotopic (exact) mass is 374 g/mol. The average Bonchev–Trinajstić information content (AvgIpc) is 2.70. The fourth-order valence-corrected chi connectivity index (χ4v) is 3.85. The van der Waals surface area contributed by atoms with Crippen molar-refractivity contribution in [1.82, 2.24) is 20.0 Å². The molecule has 0 radical (unpaired) electrons.